The largest absolute Gasteiger partial charge is 0.301 e. The molecule has 2 nitrogen and oxygen atoms in total. The van der Waals surface area contributed by atoms with Gasteiger partial charge in [0.15, 0.2) is 0 Å². The minimum absolute atomic E-state index is 0.150. The Morgan fingerprint density at radius 1 is 1.11 bits per heavy atom. The Bertz CT molecular complexity index is 447. The molecule has 1 saturated carbocycles. The average molecular weight is 242 g/mol. The lowest BCUT2D eigenvalue weighted by molar-refractivity contribution is 0.232. The van der Waals surface area contributed by atoms with E-state index in [1.807, 2.05) is 0 Å². The molecule has 1 fully saturated rings. The van der Waals surface area contributed by atoms with E-state index in [1.165, 1.54) is 11.1 Å². The van der Waals surface area contributed by atoms with Crippen molar-refractivity contribution < 1.29 is 0 Å². The third-order valence-corrected chi connectivity index (χ3v) is 3.97. The summed E-state index contributed by atoms with van der Waals surface area (Å²) in [6.45, 7) is 4.41. The normalized spacial score (nSPS) is 18.7. The molecule has 2 heteroatoms. The van der Waals surface area contributed by atoms with Crippen LogP contribution in [0.5, 0.6) is 0 Å². The van der Waals surface area contributed by atoms with Crippen molar-refractivity contribution in [2.24, 2.45) is 5.41 Å². The number of nitriles is 1. The zero-order chi connectivity index (χ0) is 13.3. The lowest BCUT2D eigenvalue weighted by Crippen LogP contribution is -2.27. The first-order valence-electron chi connectivity index (χ1n) is 6.68. The lowest BCUT2D eigenvalue weighted by Gasteiger charge is -2.29. The van der Waals surface area contributed by atoms with Crippen LogP contribution in [0, 0.1) is 16.7 Å². The maximum absolute atomic E-state index is 9.40. The zero-order valence-electron chi connectivity index (χ0n) is 11.8. The molecule has 0 radical (unpaired) electrons. The first kappa shape index (κ1) is 13.1. The average Bonchev–Trinajstić information content (AvgIpc) is 3.10. The Balaban J connectivity index is 2.30. The van der Waals surface area contributed by atoms with Gasteiger partial charge in [-0.2, -0.15) is 5.26 Å². The van der Waals surface area contributed by atoms with Crippen LogP contribution >= 0.6 is 0 Å². The molecule has 0 aromatic heterocycles. The Hall–Kier alpha value is -1.33. The standard InChI is InChI=1S/C16H22N2/c1-12(2)13-5-7-14(8-6-13)15(18(3)4)16(11-17)9-10-16/h5-8,12,15H,9-10H2,1-4H3. The first-order valence-corrected chi connectivity index (χ1v) is 6.68. The van der Waals surface area contributed by atoms with Gasteiger partial charge in [0.2, 0.25) is 0 Å². The molecule has 0 bridgehead atoms. The summed E-state index contributed by atoms with van der Waals surface area (Å²) in [5, 5.41) is 9.40. The van der Waals surface area contributed by atoms with Crippen molar-refractivity contribution in [1.82, 2.24) is 4.90 Å². The van der Waals surface area contributed by atoms with Gasteiger partial charge in [0.25, 0.3) is 0 Å². The van der Waals surface area contributed by atoms with Crippen LogP contribution in [0.4, 0.5) is 0 Å². The third-order valence-electron chi connectivity index (χ3n) is 3.97. The van der Waals surface area contributed by atoms with E-state index in [0.717, 1.165) is 12.8 Å². The molecular weight excluding hydrogens is 220 g/mol. The van der Waals surface area contributed by atoms with Gasteiger partial charge in [0, 0.05) is 0 Å². The van der Waals surface area contributed by atoms with Crippen molar-refractivity contribution in [2.75, 3.05) is 14.1 Å². The van der Waals surface area contributed by atoms with Gasteiger partial charge in [-0.1, -0.05) is 38.1 Å². The molecule has 0 aliphatic heterocycles. The molecule has 1 atom stereocenters. The highest BCUT2D eigenvalue weighted by molar-refractivity contribution is 5.32. The molecule has 1 aromatic carbocycles. The summed E-state index contributed by atoms with van der Waals surface area (Å²) in [5.41, 5.74) is 2.48. The predicted molar refractivity (Wildman–Crippen MR) is 74.2 cm³/mol. The quantitative estimate of drug-likeness (QED) is 0.804. The van der Waals surface area contributed by atoms with Gasteiger partial charge < -0.3 is 4.90 Å². The zero-order valence-corrected chi connectivity index (χ0v) is 11.8. The van der Waals surface area contributed by atoms with E-state index in [9.17, 15) is 5.26 Å². The molecule has 18 heavy (non-hydrogen) atoms. The van der Waals surface area contributed by atoms with Crippen molar-refractivity contribution >= 4 is 0 Å². The van der Waals surface area contributed by atoms with Crippen LogP contribution in [-0.4, -0.2) is 19.0 Å². The number of rotatable bonds is 4. The van der Waals surface area contributed by atoms with E-state index in [2.05, 4.69) is 63.2 Å². The number of benzene rings is 1. The molecule has 96 valence electrons. The second kappa shape index (κ2) is 4.74. The van der Waals surface area contributed by atoms with E-state index >= 15 is 0 Å². The summed E-state index contributed by atoms with van der Waals surface area (Å²) in [6, 6.07) is 11.5. The van der Waals surface area contributed by atoms with E-state index in [-0.39, 0.29) is 11.5 Å². The van der Waals surface area contributed by atoms with Gasteiger partial charge in [-0.3, -0.25) is 0 Å². The Labute approximate surface area is 110 Å². The maximum Gasteiger partial charge on any atom is 0.0771 e. The summed E-state index contributed by atoms with van der Waals surface area (Å²) < 4.78 is 0. The maximum atomic E-state index is 9.40. The van der Waals surface area contributed by atoms with Crippen molar-refractivity contribution in [3.63, 3.8) is 0 Å². The van der Waals surface area contributed by atoms with Crippen LogP contribution in [0.1, 0.15) is 49.8 Å². The molecule has 0 heterocycles. The topological polar surface area (TPSA) is 27.0 Å². The Kier molecular flexibility index (Phi) is 3.45. The minimum Gasteiger partial charge on any atom is -0.301 e. The predicted octanol–water partition coefficient (Wildman–Crippen LogP) is 3.72. The van der Waals surface area contributed by atoms with Crippen LogP contribution in [0.2, 0.25) is 0 Å². The first-order chi connectivity index (χ1) is 8.50. The van der Waals surface area contributed by atoms with Crippen LogP contribution in [0.25, 0.3) is 0 Å². The summed E-state index contributed by atoms with van der Waals surface area (Å²) in [5.74, 6) is 0.558. The molecule has 0 spiro atoms. The van der Waals surface area contributed by atoms with Gasteiger partial charge in [-0.05, 0) is 44.0 Å². The highest BCUT2D eigenvalue weighted by atomic mass is 15.1. The SMILES string of the molecule is CC(C)c1ccc(C(N(C)C)C2(C#N)CC2)cc1. The summed E-state index contributed by atoms with van der Waals surface area (Å²) in [7, 11) is 4.14. The number of nitrogens with zero attached hydrogens (tertiary/aromatic N) is 2. The number of hydrogen-bond donors (Lipinski definition) is 0. The highest BCUT2D eigenvalue weighted by Crippen LogP contribution is 2.56. The lowest BCUT2D eigenvalue weighted by atomic mass is 9.89. The fourth-order valence-electron chi connectivity index (χ4n) is 2.76. The van der Waals surface area contributed by atoms with Crippen LogP contribution in [-0.2, 0) is 0 Å². The molecule has 1 unspecified atom stereocenters. The van der Waals surface area contributed by atoms with Gasteiger partial charge in [-0.15, -0.1) is 0 Å². The van der Waals surface area contributed by atoms with Gasteiger partial charge in [0.1, 0.15) is 0 Å². The Morgan fingerprint density at radius 2 is 1.61 bits per heavy atom. The summed E-state index contributed by atoms with van der Waals surface area (Å²) in [4.78, 5) is 2.18. The fraction of sp³-hybridized carbons (Fsp3) is 0.562. The third kappa shape index (κ3) is 2.28. The van der Waals surface area contributed by atoms with Crippen molar-refractivity contribution in [1.29, 1.82) is 5.26 Å². The molecule has 1 aromatic rings. The van der Waals surface area contributed by atoms with E-state index in [4.69, 9.17) is 0 Å². The van der Waals surface area contributed by atoms with Gasteiger partial charge in [0.05, 0.1) is 17.5 Å². The summed E-state index contributed by atoms with van der Waals surface area (Å²) >= 11 is 0. The van der Waals surface area contributed by atoms with Crippen molar-refractivity contribution in [3.05, 3.63) is 35.4 Å². The van der Waals surface area contributed by atoms with E-state index in [0.29, 0.717) is 5.92 Å². The summed E-state index contributed by atoms with van der Waals surface area (Å²) in [6.07, 6.45) is 2.05. The molecule has 1 aliphatic carbocycles. The van der Waals surface area contributed by atoms with Gasteiger partial charge in [-0.25, -0.2) is 0 Å². The molecule has 0 amide bonds. The van der Waals surface area contributed by atoms with E-state index in [1.54, 1.807) is 0 Å². The molecule has 0 N–H and O–H groups in total. The fourth-order valence-corrected chi connectivity index (χ4v) is 2.76. The minimum atomic E-state index is -0.150. The second-order valence-corrected chi connectivity index (χ2v) is 5.96. The monoisotopic (exact) mass is 242 g/mol. The Morgan fingerprint density at radius 3 is 1.94 bits per heavy atom. The van der Waals surface area contributed by atoms with Crippen molar-refractivity contribution in [3.8, 4) is 6.07 Å². The van der Waals surface area contributed by atoms with Crippen LogP contribution < -0.4 is 0 Å². The van der Waals surface area contributed by atoms with Crippen LogP contribution in [0.15, 0.2) is 24.3 Å². The van der Waals surface area contributed by atoms with E-state index < -0.39 is 0 Å². The smallest absolute Gasteiger partial charge is 0.0771 e. The molecular formula is C16H22N2. The van der Waals surface area contributed by atoms with Gasteiger partial charge >= 0.3 is 0 Å². The second-order valence-electron chi connectivity index (χ2n) is 5.96. The molecule has 1 aliphatic rings. The number of hydrogen-bond acceptors (Lipinski definition) is 2. The van der Waals surface area contributed by atoms with Crippen LogP contribution in [0.3, 0.4) is 0 Å². The molecule has 0 saturated heterocycles. The highest BCUT2D eigenvalue weighted by Gasteiger charge is 2.51. The van der Waals surface area contributed by atoms with Crippen molar-refractivity contribution in [2.45, 2.75) is 38.6 Å². The molecule has 2 rings (SSSR count).